The third-order valence-electron chi connectivity index (χ3n) is 13.4. The van der Waals surface area contributed by atoms with Crippen molar-refractivity contribution >= 4 is 86.0 Å². The Bertz CT molecular complexity index is 4060. The zero-order valence-electron chi connectivity index (χ0n) is 46.1. The fourth-order valence-corrected chi connectivity index (χ4v) is 12.0. The van der Waals surface area contributed by atoms with Gasteiger partial charge in [0.15, 0.2) is 0 Å². The number of fused-ring (bicyclic) bond motifs is 8. The molecule has 8 aromatic carbocycles. The highest BCUT2D eigenvalue weighted by Crippen LogP contribution is 2.44. The average Bonchev–Trinajstić information content (AvgIpc) is 1.91. The number of nitrogens with zero attached hydrogens (tertiary/aromatic N) is 8. The second kappa shape index (κ2) is 24.9. The number of benzene rings is 8. The van der Waals surface area contributed by atoms with E-state index >= 15 is 0 Å². The number of phenolic OH excluding ortho intramolecular Hbond substituents is 4. The molecular formula is C56H48N8O20S4. The van der Waals surface area contributed by atoms with Crippen molar-refractivity contribution < 1.29 is 91.3 Å². The minimum Gasteiger partial charge on any atom is -0.507 e. The molecule has 9 rings (SSSR count). The molecule has 0 fully saturated rings. The van der Waals surface area contributed by atoms with Gasteiger partial charge in [-0.1, -0.05) is 0 Å². The summed E-state index contributed by atoms with van der Waals surface area (Å²) >= 11 is 0. The lowest BCUT2D eigenvalue weighted by atomic mass is 9.90. The molecule has 28 nitrogen and oxygen atoms in total. The molecule has 88 heavy (non-hydrogen) atoms. The summed E-state index contributed by atoms with van der Waals surface area (Å²) in [7, 11) is -14.6. The predicted octanol–water partition coefficient (Wildman–Crippen LogP) is 11.9. The molecule has 0 amide bonds. The van der Waals surface area contributed by atoms with E-state index in [0.29, 0.717) is 0 Å². The average molecular weight is 1280 g/mol. The quantitative estimate of drug-likeness (QED) is 0.0329. The van der Waals surface area contributed by atoms with Gasteiger partial charge < -0.3 is 39.4 Å². The molecule has 0 spiro atoms. The number of phenols is 4. The third kappa shape index (κ3) is 14.2. The Morgan fingerprint density at radius 1 is 0.273 bits per heavy atom. The van der Waals surface area contributed by atoms with Gasteiger partial charge in [-0.3, -0.25) is 18.2 Å². The van der Waals surface area contributed by atoms with Crippen molar-refractivity contribution in [2.75, 3.05) is 28.4 Å². The summed E-state index contributed by atoms with van der Waals surface area (Å²) < 4.78 is 159. The molecule has 8 aromatic rings. The van der Waals surface area contributed by atoms with Gasteiger partial charge in [0.2, 0.25) is 0 Å². The van der Waals surface area contributed by atoms with Crippen molar-refractivity contribution in [2.24, 2.45) is 40.9 Å². The predicted molar refractivity (Wildman–Crippen MR) is 312 cm³/mol. The lowest BCUT2D eigenvalue weighted by Crippen LogP contribution is -2.01. The van der Waals surface area contributed by atoms with Gasteiger partial charge >= 0.3 is 0 Å². The van der Waals surface area contributed by atoms with Gasteiger partial charge in [0.1, 0.15) is 65.6 Å². The summed E-state index contributed by atoms with van der Waals surface area (Å²) in [6, 6.07) is 25.3. The largest absolute Gasteiger partial charge is 0.507 e. The monoisotopic (exact) mass is 1280 g/mol. The summed E-state index contributed by atoms with van der Waals surface area (Å²) in [5.41, 5.74) is 0.0675. The number of ether oxygens (including phenoxy) is 4. The first kappa shape index (κ1) is 62.7. The van der Waals surface area contributed by atoms with Crippen molar-refractivity contribution in [3.63, 3.8) is 0 Å². The van der Waals surface area contributed by atoms with E-state index in [1.807, 2.05) is 0 Å². The van der Waals surface area contributed by atoms with Crippen LogP contribution in [0.1, 0.15) is 44.5 Å². The highest BCUT2D eigenvalue weighted by molar-refractivity contribution is 7.86. The lowest BCUT2D eigenvalue weighted by Gasteiger charge is -2.18. The fourth-order valence-electron chi connectivity index (χ4n) is 9.27. The maximum absolute atomic E-state index is 12.3. The number of azo groups is 4. The molecule has 1 aliphatic carbocycles. The minimum absolute atomic E-state index is 0.00740. The Hall–Kier alpha value is -9.80. The molecular weight excluding hydrogens is 1230 g/mol. The fraction of sp³-hybridized carbons (Fsp3) is 0.143. The Morgan fingerprint density at radius 2 is 0.432 bits per heavy atom. The number of rotatable bonds is 16. The second-order valence-corrected chi connectivity index (χ2v) is 24.8. The van der Waals surface area contributed by atoms with Crippen LogP contribution in [0, 0.1) is 0 Å². The molecule has 0 aliphatic heterocycles. The molecule has 8 N–H and O–H groups in total. The first-order valence-corrected chi connectivity index (χ1v) is 31.0. The molecule has 8 bridgehead atoms. The minimum atomic E-state index is -4.83. The molecule has 456 valence electrons. The Morgan fingerprint density at radius 3 is 0.580 bits per heavy atom. The highest BCUT2D eigenvalue weighted by atomic mass is 32.2. The van der Waals surface area contributed by atoms with Crippen LogP contribution in [0.15, 0.2) is 182 Å². The molecule has 0 unspecified atom stereocenters. The summed E-state index contributed by atoms with van der Waals surface area (Å²) in [5.74, 6) is -2.43. The summed E-state index contributed by atoms with van der Waals surface area (Å²) in [6.07, 6.45) is -1.47. The van der Waals surface area contributed by atoms with Crippen LogP contribution in [-0.4, -0.2) is 101 Å². The van der Waals surface area contributed by atoms with Gasteiger partial charge in [0, 0.05) is 70.2 Å². The maximum Gasteiger partial charge on any atom is 0.298 e. The first-order chi connectivity index (χ1) is 41.5. The molecule has 0 aromatic heterocycles. The summed E-state index contributed by atoms with van der Waals surface area (Å²) in [4.78, 5) is -2.50. The number of aromatic hydroxyl groups is 4. The van der Waals surface area contributed by atoms with Crippen molar-refractivity contribution in [2.45, 2.75) is 45.3 Å². The van der Waals surface area contributed by atoms with Gasteiger partial charge in [0.05, 0.1) is 73.9 Å². The van der Waals surface area contributed by atoms with E-state index in [1.165, 1.54) is 126 Å². The molecule has 0 atom stereocenters. The highest BCUT2D eigenvalue weighted by Gasteiger charge is 2.25. The Labute approximate surface area is 501 Å². The van der Waals surface area contributed by atoms with Crippen LogP contribution in [0.25, 0.3) is 0 Å². The molecule has 0 radical (unpaired) electrons. The Kier molecular flexibility index (Phi) is 17.7. The summed E-state index contributed by atoms with van der Waals surface area (Å²) in [6.45, 7) is 0. The third-order valence-corrected chi connectivity index (χ3v) is 16.9. The van der Waals surface area contributed by atoms with Crippen LogP contribution in [-0.2, 0) is 66.2 Å². The normalized spacial score (nSPS) is 13.2. The maximum atomic E-state index is 12.3. The van der Waals surface area contributed by atoms with Crippen molar-refractivity contribution in [1.82, 2.24) is 0 Å². The number of methoxy groups -OCH3 is 4. The van der Waals surface area contributed by atoms with Crippen LogP contribution in [0.5, 0.6) is 46.0 Å². The van der Waals surface area contributed by atoms with Crippen LogP contribution in [0.3, 0.4) is 0 Å². The molecule has 0 saturated heterocycles. The van der Waals surface area contributed by atoms with Crippen molar-refractivity contribution in [1.29, 1.82) is 0 Å². The van der Waals surface area contributed by atoms with E-state index in [4.69, 9.17) is 18.9 Å². The van der Waals surface area contributed by atoms with Crippen LogP contribution >= 0.6 is 0 Å². The van der Waals surface area contributed by atoms with E-state index < -0.39 is 83.1 Å². The van der Waals surface area contributed by atoms with E-state index in [1.54, 1.807) is 0 Å². The zero-order valence-corrected chi connectivity index (χ0v) is 49.3. The van der Waals surface area contributed by atoms with Crippen LogP contribution in [0.2, 0.25) is 0 Å². The van der Waals surface area contributed by atoms with Gasteiger partial charge in [-0.2, -0.15) is 74.6 Å². The number of hydrogen-bond acceptors (Lipinski definition) is 24. The second-order valence-electron chi connectivity index (χ2n) is 19.2. The van der Waals surface area contributed by atoms with Crippen molar-refractivity contribution in [3.05, 3.63) is 166 Å². The van der Waals surface area contributed by atoms with Crippen LogP contribution in [0.4, 0.5) is 45.5 Å². The molecule has 32 heteroatoms. The molecule has 0 saturated carbocycles. The topological polar surface area (TPSA) is 434 Å². The molecule has 1 aliphatic rings. The van der Waals surface area contributed by atoms with Gasteiger partial charge in [-0.05, 0) is 121 Å². The van der Waals surface area contributed by atoms with E-state index in [9.17, 15) is 72.3 Å². The van der Waals surface area contributed by atoms with Crippen molar-refractivity contribution in [3.8, 4) is 46.0 Å². The van der Waals surface area contributed by atoms with E-state index in [-0.39, 0.29) is 139 Å². The molecule has 0 heterocycles. The zero-order chi connectivity index (χ0) is 63.6. The standard InChI is InChI=1S/C56H48N8O20S4/c1-81-45-9-5-37(25-49(45)85(69,70)71)57-61-41-17-29-13-31-19-42(62-58-38-6-10-46(82-2)50(26-38)86(72,73)74)21-33(54(31)66)15-35-23-44(64-60-40-8-12-48(84-4)52(28-40)88(78,79)80)24-36(56(35)68)16-34-22-43(20-32(55(34)67)14-30(18-41)53(29)65)63-59-39-7-11-47(83-3)51(27-39)87(75,76)77/h5-12,17-28,65-68H,13-16H2,1-4H3,(H,69,70,71)(H,72,73,74)(H,75,76,77)(H,78,79,80). The van der Waals surface area contributed by atoms with E-state index in [0.717, 1.165) is 24.3 Å². The lowest BCUT2D eigenvalue weighted by molar-refractivity contribution is 0.397. The number of hydrogen-bond donors (Lipinski definition) is 8. The van der Waals surface area contributed by atoms with E-state index in [2.05, 4.69) is 40.9 Å². The Balaban J connectivity index is 1.27. The first-order valence-electron chi connectivity index (χ1n) is 25.2. The van der Waals surface area contributed by atoms with Crippen LogP contribution < -0.4 is 18.9 Å². The smallest absolute Gasteiger partial charge is 0.298 e. The van der Waals surface area contributed by atoms with Gasteiger partial charge in [-0.15, -0.1) is 0 Å². The van der Waals surface area contributed by atoms with Gasteiger partial charge in [-0.25, -0.2) is 0 Å². The SMILES string of the molecule is COc1ccc(N=Nc2cc3c(O)c(c2)Cc2cc(N=Nc4ccc(OC)c(S(=O)(=O)O)c4)cc(c2O)Cc2cc(N=Nc4ccc(OC)c(S(=O)(=O)O)c4)cc(c2O)Cc2cc(N=Nc4ccc(OC)c(S(=O)(=O)O)c4)cc(c2O)C3)cc1S(=O)(=O)O. The van der Waals surface area contributed by atoms with Gasteiger partial charge in [0.25, 0.3) is 40.5 Å². The summed E-state index contributed by atoms with van der Waals surface area (Å²) in [5, 5.41) is 83.4.